The van der Waals surface area contributed by atoms with Crippen LogP contribution in [0.3, 0.4) is 0 Å². The third-order valence-corrected chi connectivity index (χ3v) is 7.68. The molecule has 1 N–H and O–H groups in total. The van der Waals surface area contributed by atoms with E-state index in [4.69, 9.17) is 16.3 Å². The Labute approximate surface area is 194 Å². The van der Waals surface area contributed by atoms with Gasteiger partial charge in [0.1, 0.15) is 12.1 Å². The zero-order valence-electron chi connectivity index (χ0n) is 18.5. The van der Waals surface area contributed by atoms with E-state index >= 15 is 0 Å². The van der Waals surface area contributed by atoms with E-state index in [9.17, 15) is 18.0 Å². The summed E-state index contributed by atoms with van der Waals surface area (Å²) in [6.45, 7) is 6.25. The fourth-order valence-electron chi connectivity index (χ4n) is 4.03. The average molecular weight is 487 g/mol. The van der Waals surface area contributed by atoms with Crippen LogP contribution in [0.4, 0.5) is 0 Å². The fraction of sp³-hybridized carbons (Fsp3) is 0.667. The molecule has 3 rings (SSSR count). The van der Waals surface area contributed by atoms with Gasteiger partial charge in [0.15, 0.2) is 0 Å². The quantitative estimate of drug-likeness (QED) is 0.559. The number of hydrogen-bond acceptors (Lipinski definition) is 6. The molecule has 2 amide bonds. The highest BCUT2D eigenvalue weighted by Gasteiger charge is 2.43. The van der Waals surface area contributed by atoms with E-state index in [0.717, 1.165) is 6.42 Å². The predicted molar refractivity (Wildman–Crippen MR) is 121 cm³/mol. The molecular weight excluding hydrogens is 456 g/mol. The summed E-state index contributed by atoms with van der Waals surface area (Å²) in [6, 6.07) is 1.87. The van der Waals surface area contributed by atoms with Gasteiger partial charge in [-0.15, -0.1) is 0 Å². The van der Waals surface area contributed by atoms with Crippen LogP contribution in [-0.2, 0) is 30.8 Å². The van der Waals surface area contributed by atoms with Crippen LogP contribution in [0.25, 0.3) is 0 Å². The third-order valence-electron chi connectivity index (χ3n) is 6.07. The molecule has 32 heavy (non-hydrogen) atoms. The number of ether oxygens (including phenoxy) is 1. The van der Waals surface area contributed by atoms with Crippen LogP contribution in [0.1, 0.15) is 32.4 Å². The molecular formula is C21H31ClN4O5S. The monoisotopic (exact) mass is 486 g/mol. The Hall–Kier alpha value is -1.75. The first-order chi connectivity index (χ1) is 15.2. The molecule has 2 aliphatic heterocycles. The van der Waals surface area contributed by atoms with Crippen molar-refractivity contribution in [2.24, 2.45) is 5.92 Å². The molecule has 2 saturated heterocycles. The van der Waals surface area contributed by atoms with Gasteiger partial charge >= 0.3 is 0 Å². The van der Waals surface area contributed by atoms with Crippen LogP contribution in [0.5, 0.6) is 0 Å². The first-order valence-electron chi connectivity index (χ1n) is 11.0. The van der Waals surface area contributed by atoms with Gasteiger partial charge in [-0.25, -0.2) is 13.1 Å². The topological polar surface area (TPSA) is 109 Å². The van der Waals surface area contributed by atoms with Gasteiger partial charge in [0.2, 0.25) is 21.8 Å². The lowest BCUT2D eigenvalue weighted by Crippen LogP contribution is -2.56. The molecule has 0 saturated carbocycles. The molecule has 0 radical (unpaired) electrons. The SMILES string of the molecule is CC[C@H](C)C(C(=O)N1CCOCC1)N1CC[C@H](NS(=O)(=O)CCc2ccc(Cl)cn2)C1=O. The minimum absolute atomic E-state index is 0.0411. The molecule has 1 aromatic heterocycles. The van der Waals surface area contributed by atoms with Gasteiger partial charge in [-0.05, 0) is 24.5 Å². The van der Waals surface area contributed by atoms with Crippen LogP contribution < -0.4 is 4.72 Å². The maximum atomic E-state index is 13.2. The number of nitrogens with zero attached hydrogens (tertiary/aromatic N) is 3. The summed E-state index contributed by atoms with van der Waals surface area (Å²) < 4.78 is 33.1. The van der Waals surface area contributed by atoms with Gasteiger partial charge in [-0.1, -0.05) is 31.9 Å². The maximum Gasteiger partial charge on any atom is 0.245 e. The largest absolute Gasteiger partial charge is 0.378 e. The Morgan fingerprint density at radius 3 is 2.66 bits per heavy atom. The number of carbonyl (C=O) groups excluding carboxylic acids is 2. The number of likely N-dealkylation sites (tertiary alicyclic amines) is 1. The van der Waals surface area contributed by atoms with Crippen molar-refractivity contribution in [2.45, 2.75) is 45.2 Å². The molecule has 3 heterocycles. The molecule has 0 aliphatic carbocycles. The Balaban J connectivity index is 1.64. The van der Waals surface area contributed by atoms with E-state index < -0.39 is 22.1 Å². The molecule has 11 heteroatoms. The van der Waals surface area contributed by atoms with E-state index in [0.29, 0.717) is 50.0 Å². The van der Waals surface area contributed by atoms with Crippen molar-refractivity contribution in [3.63, 3.8) is 0 Å². The minimum Gasteiger partial charge on any atom is -0.378 e. The summed E-state index contributed by atoms with van der Waals surface area (Å²) in [7, 11) is -3.70. The summed E-state index contributed by atoms with van der Waals surface area (Å²) in [4.78, 5) is 33.7. The van der Waals surface area contributed by atoms with Crippen LogP contribution >= 0.6 is 11.6 Å². The minimum atomic E-state index is -3.70. The molecule has 3 atom stereocenters. The number of carbonyl (C=O) groups is 2. The van der Waals surface area contributed by atoms with Crippen molar-refractivity contribution in [3.05, 3.63) is 29.0 Å². The predicted octanol–water partition coefficient (Wildman–Crippen LogP) is 1.07. The molecule has 0 spiro atoms. The van der Waals surface area contributed by atoms with Crippen LogP contribution in [0, 0.1) is 5.92 Å². The van der Waals surface area contributed by atoms with Crippen LogP contribution in [-0.4, -0.2) is 85.7 Å². The highest BCUT2D eigenvalue weighted by Crippen LogP contribution is 2.24. The number of morpholine rings is 1. The normalized spacial score (nSPS) is 21.6. The first kappa shape index (κ1) is 24.9. The summed E-state index contributed by atoms with van der Waals surface area (Å²) >= 11 is 5.81. The molecule has 2 fully saturated rings. The number of nitrogens with one attached hydrogen (secondary N) is 1. The molecule has 9 nitrogen and oxygen atoms in total. The lowest BCUT2D eigenvalue weighted by molar-refractivity contribution is -0.149. The van der Waals surface area contributed by atoms with Crippen LogP contribution in [0.2, 0.25) is 5.02 Å². The number of halogens is 1. The maximum absolute atomic E-state index is 13.2. The zero-order valence-corrected chi connectivity index (χ0v) is 20.1. The molecule has 0 bridgehead atoms. The Morgan fingerprint density at radius 1 is 1.31 bits per heavy atom. The summed E-state index contributed by atoms with van der Waals surface area (Å²) in [5, 5.41) is 0.480. The lowest BCUT2D eigenvalue weighted by Gasteiger charge is -2.37. The average Bonchev–Trinajstić information content (AvgIpc) is 3.13. The lowest BCUT2D eigenvalue weighted by atomic mass is 9.96. The highest BCUT2D eigenvalue weighted by molar-refractivity contribution is 7.89. The Kier molecular flexibility index (Phi) is 8.49. The number of aromatic nitrogens is 1. The van der Waals surface area contributed by atoms with Crippen molar-refractivity contribution in [1.82, 2.24) is 19.5 Å². The second-order valence-corrected chi connectivity index (χ2v) is 10.6. The van der Waals surface area contributed by atoms with Crippen molar-refractivity contribution in [1.29, 1.82) is 0 Å². The fourth-order valence-corrected chi connectivity index (χ4v) is 5.39. The zero-order chi connectivity index (χ0) is 23.3. The van der Waals surface area contributed by atoms with Gasteiger partial charge in [-0.3, -0.25) is 14.6 Å². The number of sulfonamides is 1. The highest BCUT2D eigenvalue weighted by atomic mass is 35.5. The third kappa shape index (κ3) is 6.18. The van der Waals surface area contributed by atoms with Crippen LogP contribution in [0.15, 0.2) is 18.3 Å². The van der Waals surface area contributed by atoms with Crippen molar-refractivity contribution < 1.29 is 22.7 Å². The van der Waals surface area contributed by atoms with Crippen molar-refractivity contribution >= 4 is 33.4 Å². The number of rotatable bonds is 9. The summed E-state index contributed by atoms with van der Waals surface area (Å²) in [5.41, 5.74) is 0.604. The molecule has 0 aromatic carbocycles. The molecule has 1 unspecified atom stereocenters. The van der Waals surface area contributed by atoms with Gasteiger partial charge in [-0.2, -0.15) is 0 Å². The Bertz CT molecular complexity index is 905. The first-order valence-corrected chi connectivity index (χ1v) is 13.0. The summed E-state index contributed by atoms with van der Waals surface area (Å²) in [6.07, 6.45) is 2.74. The van der Waals surface area contributed by atoms with E-state index in [1.165, 1.54) is 6.20 Å². The van der Waals surface area contributed by atoms with Gasteiger partial charge < -0.3 is 14.5 Å². The summed E-state index contributed by atoms with van der Waals surface area (Å²) in [5.74, 6) is -0.661. The second-order valence-electron chi connectivity index (χ2n) is 8.30. The van der Waals surface area contributed by atoms with Gasteiger partial charge in [0.05, 0.1) is 24.0 Å². The molecule has 1 aromatic rings. The van der Waals surface area contributed by atoms with E-state index in [1.54, 1.807) is 21.9 Å². The van der Waals surface area contributed by atoms with Crippen molar-refractivity contribution in [3.8, 4) is 0 Å². The number of pyridine rings is 1. The standard InChI is InChI=1S/C21H31ClN4O5S/c1-3-15(2)19(21(28)25-9-11-31-12-10-25)26-8-6-18(20(26)27)24-32(29,30)13-7-17-5-4-16(22)14-23-17/h4-5,14-15,18-19,24H,3,6-13H2,1-2H3/t15-,18-,19?/m0/s1. The van der Waals surface area contributed by atoms with E-state index in [1.807, 2.05) is 13.8 Å². The molecule has 2 aliphatic rings. The second kappa shape index (κ2) is 10.9. The van der Waals surface area contributed by atoms with E-state index in [-0.39, 0.29) is 29.9 Å². The van der Waals surface area contributed by atoms with Crippen molar-refractivity contribution in [2.75, 3.05) is 38.6 Å². The number of aryl methyl sites for hydroxylation is 1. The van der Waals surface area contributed by atoms with Gasteiger partial charge in [0, 0.05) is 37.9 Å². The van der Waals surface area contributed by atoms with Gasteiger partial charge in [0.25, 0.3) is 0 Å². The number of hydrogen-bond donors (Lipinski definition) is 1. The van der Waals surface area contributed by atoms with E-state index in [2.05, 4.69) is 9.71 Å². The Morgan fingerprint density at radius 2 is 2.03 bits per heavy atom. The smallest absolute Gasteiger partial charge is 0.245 e. The number of amides is 2. The molecule has 178 valence electrons.